The Morgan fingerprint density at radius 3 is 2.16 bits per heavy atom. The second kappa shape index (κ2) is 12.6. The lowest BCUT2D eigenvalue weighted by Crippen LogP contribution is -2.03. The monoisotopic (exact) mass is 460 g/mol. The molecule has 170 valence electrons. The zero-order valence-corrected chi connectivity index (χ0v) is 15.8. The average Bonchev–Trinajstić information content (AvgIpc) is 3.43. The number of rotatable bonds is 5. The number of halogens is 6. The number of alkyl halides is 4. The Balaban J connectivity index is 0.000000183. The van der Waals surface area contributed by atoms with Crippen molar-refractivity contribution in [2.75, 3.05) is 0 Å². The molecule has 4 aromatic heterocycles. The standard InChI is InChI=1S/C9H7F2N3O.C5H3F2N.C4H4F2N2O/c10-9(11)15-8-4-6-14(13-8)7-3-1-2-5-12-7;6-4-1-2-5(7)8-3-4;5-4(6)9-3-1-2-7-8-3/h1-6,9H;1-3H;1-2,4H,(H,7,8). The van der Waals surface area contributed by atoms with E-state index in [4.69, 9.17) is 0 Å². The largest absolute Gasteiger partial charge is 0.417 e. The number of nitrogens with one attached hydrogen (secondary N) is 1. The highest BCUT2D eigenvalue weighted by molar-refractivity contribution is 5.22. The Hall–Kier alpha value is -4.10. The molecule has 14 heteroatoms. The highest BCUT2D eigenvalue weighted by Crippen LogP contribution is 2.12. The first-order valence-corrected chi connectivity index (χ1v) is 8.46. The molecule has 0 saturated carbocycles. The van der Waals surface area contributed by atoms with Gasteiger partial charge in [-0.05, 0) is 24.3 Å². The van der Waals surface area contributed by atoms with Crippen molar-refractivity contribution in [2.45, 2.75) is 13.2 Å². The minimum atomic E-state index is -2.86. The minimum absolute atomic E-state index is 0.0231. The van der Waals surface area contributed by atoms with Crippen molar-refractivity contribution < 1.29 is 35.8 Å². The van der Waals surface area contributed by atoms with E-state index in [0.29, 0.717) is 5.82 Å². The van der Waals surface area contributed by atoms with E-state index < -0.39 is 25.0 Å². The van der Waals surface area contributed by atoms with E-state index in [1.165, 1.54) is 29.2 Å². The third kappa shape index (κ3) is 9.15. The summed E-state index contributed by atoms with van der Waals surface area (Å²) in [5.74, 6) is -0.792. The third-order valence-electron chi connectivity index (χ3n) is 3.04. The van der Waals surface area contributed by atoms with Crippen LogP contribution in [0.15, 0.2) is 67.3 Å². The molecule has 4 rings (SSSR count). The normalized spacial score (nSPS) is 10.1. The van der Waals surface area contributed by atoms with E-state index in [2.05, 4.69) is 34.7 Å². The molecule has 0 fully saturated rings. The van der Waals surface area contributed by atoms with Gasteiger partial charge in [-0.2, -0.15) is 27.1 Å². The van der Waals surface area contributed by atoms with Gasteiger partial charge in [-0.25, -0.2) is 24.1 Å². The van der Waals surface area contributed by atoms with Gasteiger partial charge in [0.05, 0.1) is 12.4 Å². The van der Waals surface area contributed by atoms with Crippen LogP contribution in [0, 0.1) is 11.8 Å². The Kier molecular flexibility index (Phi) is 9.49. The minimum Gasteiger partial charge on any atom is -0.417 e. The fraction of sp³-hybridized carbons (Fsp3) is 0.111. The number of hydrogen-bond donors (Lipinski definition) is 1. The number of nitrogens with zero attached hydrogens (tertiary/aromatic N) is 5. The number of hydrogen-bond acceptors (Lipinski definition) is 6. The van der Waals surface area contributed by atoms with Crippen molar-refractivity contribution in [3.63, 3.8) is 0 Å². The number of pyridine rings is 2. The summed E-state index contributed by atoms with van der Waals surface area (Å²) in [6, 6.07) is 9.88. The van der Waals surface area contributed by atoms with Gasteiger partial charge >= 0.3 is 13.2 Å². The van der Waals surface area contributed by atoms with Crippen LogP contribution in [0.2, 0.25) is 0 Å². The van der Waals surface area contributed by atoms with Gasteiger partial charge < -0.3 is 9.47 Å². The molecule has 8 nitrogen and oxygen atoms in total. The molecule has 0 amide bonds. The molecule has 0 radical (unpaired) electrons. The van der Waals surface area contributed by atoms with Crippen LogP contribution in [-0.4, -0.2) is 43.2 Å². The fourth-order valence-corrected chi connectivity index (χ4v) is 1.84. The predicted molar refractivity (Wildman–Crippen MR) is 97.4 cm³/mol. The summed E-state index contributed by atoms with van der Waals surface area (Å²) in [5, 5.41) is 9.38. The van der Waals surface area contributed by atoms with Crippen LogP contribution >= 0.6 is 0 Å². The molecule has 0 saturated heterocycles. The van der Waals surface area contributed by atoms with Crippen LogP contribution in [0.4, 0.5) is 26.3 Å². The molecule has 0 aliphatic heterocycles. The number of aromatic amines is 1. The molecule has 0 bridgehead atoms. The number of ether oxygens (including phenoxy) is 2. The van der Waals surface area contributed by atoms with E-state index >= 15 is 0 Å². The lowest BCUT2D eigenvalue weighted by molar-refractivity contribution is -0.0536. The molecule has 0 aliphatic rings. The van der Waals surface area contributed by atoms with Crippen LogP contribution in [-0.2, 0) is 0 Å². The Labute approximate surface area is 176 Å². The number of aromatic nitrogens is 6. The molecular formula is C18H14F6N6O2. The van der Waals surface area contributed by atoms with Crippen LogP contribution in [0.3, 0.4) is 0 Å². The van der Waals surface area contributed by atoms with Gasteiger partial charge in [-0.3, -0.25) is 0 Å². The van der Waals surface area contributed by atoms with E-state index in [1.807, 2.05) is 0 Å². The summed E-state index contributed by atoms with van der Waals surface area (Å²) in [5.41, 5.74) is 0. The maximum absolute atomic E-state index is 11.9. The predicted octanol–water partition coefficient (Wildman–Crippen LogP) is 4.24. The van der Waals surface area contributed by atoms with Gasteiger partial charge in [0.25, 0.3) is 0 Å². The summed E-state index contributed by atoms with van der Waals surface area (Å²) >= 11 is 0. The van der Waals surface area contributed by atoms with Gasteiger partial charge in [-0.15, -0.1) is 5.10 Å². The molecule has 0 aliphatic carbocycles. The highest BCUT2D eigenvalue weighted by atomic mass is 19.3. The third-order valence-corrected chi connectivity index (χ3v) is 3.04. The quantitative estimate of drug-likeness (QED) is 0.354. The van der Waals surface area contributed by atoms with Crippen molar-refractivity contribution >= 4 is 0 Å². The van der Waals surface area contributed by atoms with Crippen molar-refractivity contribution in [2.24, 2.45) is 0 Å². The summed E-state index contributed by atoms with van der Waals surface area (Å²) in [7, 11) is 0. The molecule has 4 aromatic rings. The van der Waals surface area contributed by atoms with E-state index in [-0.39, 0.29) is 11.8 Å². The first kappa shape index (κ1) is 24.2. The molecule has 4 heterocycles. The van der Waals surface area contributed by atoms with Gasteiger partial charge in [0.1, 0.15) is 5.82 Å². The van der Waals surface area contributed by atoms with Crippen molar-refractivity contribution in [3.05, 3.63) is 79.0 Å². The van der Waals surface area contributed by atoms with Gasteiger partial charge in [0, 0.05) is 24.5 Å². The summed E-state index contributed by atoms with van der Waals surface area (Å²) < 4.78 is 79.4. The Bertz CT molecular complexity index is 995. The zero-order chi connectivity index (χ0) is 23.3. The first-order chi connectivity index (χ1) is 15.3. The van der Waals surface area contributed by atoms with Gasteiger partial charge in [0.15, 0.2) is 5.82 Å². The molecule has 0 aromatic carbocycles. The van der Waals surface area contributed by atoms with E-state index in [0.717, 1.165) is 18.3 Å². The average molecular weight is 460 g/mol. The Morgan fingerprint density at radius 1 is 0.844 bits per heavy atom. The van der Waals surface area contributed by atoms with Crippen LogP contribution in [0.5, 0.6) is 11.8 Å². The maximum atomic E-state index is 11.9. The SMILES string of the molecule is FC(F)Oc1ccn(-c2ccccn2)n1.FC(F)Oc1ccn[nH]1.Fc1ccc(F)nc1. The second-order valence-corrected chi connectivity index (χ2v) is 5.26. The zero-order valence-electron chi connectivity index (χ0n) is 15.8. The van der Waals surface area contributed by atoms with Gasteiger partial charge in [-0.1, -0.05) is 6.07 Å². The molecular weight excluding hydrogens is 446 g/mol. The summed E-state index contributed by atoms with van der Waals surface area (Å²) in [6.07, 6.45) is 5.25. The van der Waals surface area contributed by atoms with Crippen LogP contribution < -0.4 is 9.47 Å². The second-order valence-electron chi connectivity index (χ2n) is 5.26. The molecule has 1 N–H and O–H groups in total. The topological polar surface area (TPSA) is 90.7 Å². The highest BCUT2D eigenvalue weighted by Gasteiger charge is 2.08. The smallest absolute Gasteiger partial charge is 0.388 e. The van der Waals surface area contributed by atoms with Crippen molar-refractivity contribution in [1.82, 2.24) is 29.9 Å². The lowest BCUT2D eigenvalue weighted by Gasteiger charge is -1.99. The first-order valence-electron chi connectivity index (χ1n) is 8.46. The van der Waals surface area contributed by atoms with Gasteiger partial charge in [0.2, 0.25) is 17.7 Å². The summed E-state index contributed by atoms with van der Waals surface area (Å²) in [6.45, 7) is -5.65. The molecule has 0 atom stereocenters. The number of H-pyrrole nitrogens is 1. The van der Waals surface area contributed by atoms with Crippen LogP contribution in [0.1, 0.15) is 0 Å². The van der Waals surface area contributed by atoms with E-state index in [9.17, 15) is 26.3 Å². The van der Waals surface area contributed by atoms with Crippen LogP contribution in [0.25, 0.3) is 5.82 Å². The summed E-state index contributed by atoms with van der Waals surface area (Å²) in [4.78, 5) is 7.04. The maximum Gasteiger partial charge on any atom is 0.388 e. The molecule has 32 heavy (non-hydrogen) atoms. The lowest BCUT2D eigenvalue weighted by atomic mass is 10.5. The van der Waals surface area contributed by atoms with Crippen molar-refractivity contribution in [3.8, 4) is 17.6 Å². The Morgan fingerprint density at radius 2 is 1.62 bits per heavy atom. The molecule has 0 unspecified atom stereocenters. The fourth-order valence-electron chi connectivity index (χ4n) is 1.84. The van der Waals surface area contributed by atoms with E-state index in [1.54, 1.807) is 24.4 Å². The van der Waals surface area contributed by atoms with Crippen molar-refractivity contribution in [1.29, 1.82) is 0 Å². The molecule has 0 spiro atoms.